The highest BCUT2D eigenvalue weighted by Crippen LogP contribution is 2.20. The Kier molecular flexibility index (Phi) is 3.72. The van der Waals surface area contributed by atoms with Gasteiger partial charge in [0.1, 0.15) is 5.75 Å². The highest BCUT2D eigenvalue weighted by molar-refractivity contribution is 5.93. The van der Waals surface area contributed by atoms with Crippen LogP contribution < -0.4 is 4.90 Å². The summed E-state index contributed by atoms with van der Waals surface area (Å²) in [7, 11) is 1.72. The molecule has 3 heteroatoms. The number of rotatable bonds is 3. The molecule has 1 aromatic carbocycles. The van der Waals surface area contributed by atoms with E-state index in [1.54, 1.807) is 36.2 Å². The fourth-order valence-corrected chi connectivity index (χ4v) is 1.33. The molecule has 0 aliphatic carbocycles. The molecule has 0 heterocycles. The van der Waals surface area contributed by atoms with Gasteiger partial charge in [-0.15, -0.1) is 0 Å². The molecule has 3 nitrogen and oxygen atoms in total. The average Bonchev–Trinajstić information content (AvgIpc) is 2.15. The second-order valence-electron chi connectivity index (χ2n) is 4.07. The molecule has 0 bridgehead atoms. The number of phenolic OH excluding ortho intramolecular Hbond substituents is 1. The highest BCUT2D eigenvalue weighted by atomic mass is 16.3. The average molecular weight is 207 g/mol. The zero-order valence-corrected chi connectivity index (χ0v) is 9.40. The van der Waals surface area contributed by atoms with Crippen LogP contribution >= 0.6 is 0 Å². The van der Waals surface area contributed by atoms with Crippen molar-refractivity contribution in [2.45, 2.75) is 20.3 Å². The Morgan fingerprint density at radius 3 is 2.67 bits per heavy atom. The van der Waals surface area contributed by atoms with Gasteiger partial charge in [0.2, 0.25) is 5.91 Å². The van der Waals surface area contributed by atoms with Gasteiger partial charge in [-0.05, 0) is 18.1 Å². The van der Waals surface area contributed by atoms with Crippen molar-refractivity contribution in [1.29, 1.82) is 0 Å². The number of carbonyl (C=O) groups is 1. The van der Waals surface area contributed by atoms with Crippen LogP contribution in [0.2, 0.25) is 0 Å². The normalized spacial score (nSPS) is 10.4. The van der Waals surface area contributed by atoms with Crippen LogP contribution in [0, 0.1) is 5.92 Å². The minimum atomic E-state index is 0.0654. The molecule has 1 amide bonds. The van der Waals surface area contributed by atoms with E-state index in [1.807, 2.05) is 13.8 Å². The van der Waals surface area contributed by atoms with Gasteiger partial charge < -0.3 is 10.0 Å². The maximum Gasteiger partial charge on any atom is 0.226 e. The standard InChI is InChI=1S/C12H17NO2/c1-9(2)7-12(15)13(3)10-5-4-6-11(14)8-10/h4-6,8-9,14H,7H2,1-3H3. The predicted octanol–water partition coefficient (Wildman–Crippen LogP) is 2.40. The summed E-state index contributed by atoms with van der Waals surface area (Å²) in [5, 5.41) is 9.29. The lowest BCUT2D eigenvalue weighted by Gasteiger charge is -2.18. The van der Waals surface area contributed by atoms with Crippen LogP contribution in [0.15, 0.2) is 24.3 Å². The van der Waals surface area contributed by atoms with Gasteiger partial charge in [0.05, 0.1) is 0 Å². The van der Waals surface area contributed by atoms with E-state index < -0.39 is 0 Å². The first kappa shape index (κ1) is 11.6. The molecular weight excluding hydrogens is 190 g/mol. The molecule has 82 valence electrons. The Morgan fingerprint density at radius 2 is 2.13 bits per heavy atom. The molecule has 1 N–H and O–H groups in total. The van der Waals surface area contributed by atoms with Crippen molar-refractivity contribution in [2.24, 2.45) is 5.92 Å². The van der Waals surface area contributed by atoms with Crippen molar-refractivity contribution in [1.82, 2.24) is 0 Å². The lowest BCUT2D eigenvalue weighted by atomic mass is 10.1. The Labute approximate surface area is 90.3 Å². The van der Waals surface area contributed by atoms with Gasteiger partial charge >= 0.3 is 0 Å². The summed E-state index contributed by atoms with van der Waals surface area (Å²) in [6.45, 7) is 4.02. The summed E-state index contributed by atoms with van der Waals surface area (Å²) in [5.74, 6) is 0.588. The molecule has 0 saturated heterocycles. The number of carbonyl (C=O) groups excluding carboxylic acids is 1. The van der Waals surface area contributed by atoms with Crippen LogP contribution in [0.1, 0.15) is 20.3 Å². The quantitative estimate of drug-likeness (QED) is 0.826. The van der Waals surface area contributed by atoms with Crippen LogP contribution in [-0.2, 0) is 4.79 Å². The maximum atomic E-state index is 11.7. The lowest BCUT2D eigenvalue weighted by Crippen LogP contribution is -2.27. The second kappa shape index (κ2) is 4.82. The van der Waals surface area contributed by atoms with Crippen LogP contribution in [0.5, 0.6) is 5.75 Å². The van der Waals surface area contributed by atoms with E-state index in [0.29, 0.717) is 12.3 Å². The molecular formula is C12H17NO2. The summed E-state index contributed by atoms with van der Waals surface area (Å²) < 4.78 is 0. The largest absolute Gasteiger partial charge is 0.508 e. The molecule has 0 atom stereocenters. The van der Waals surface area contributed by atoms with Crippen LogP contribution in [0.3, 0.4) is 0 Å². The van der Waals surface area contributed by atoms with Crippen molar-refractivity contribution < 1.29 is 9.90 Å². The van der Waals surface area contributed by atoms with Crippen LogP contribution in [-0.4, -0.2) is 18.1 Å². The SMILES string of the molecule is CC(C)CC(=O)N(C)c1cccc(O)c1. The van der Waals surface area contributed by atoms with Gasteiger partial charge in [-0.25, -0.2) is 0 Å². The number of aromatic hydroxyl groups is 1. The summed E-state index contributed by atoms with van der Waals surface area (Å²) >= 11 is 0. The van der Waals surface area contributed by atoms with Gasteiger partial charge in [0.15, 0.2) is 0 Å². The first-order valence-electron chi connectivity index (χ1n) is 5.06. The van der Waals surface area contributed by atoms with Gasteiger partial charge in [-0.1, -0.05) is 19.9 Å². The monoisotopic (exact) mass is 207 g/mol. The number of hydrogen-bond acceptors (Lipinski definition) is 2. The minimum absolute atomic E-state index is 0.0654. The Bertz CT molecular complexity index is 347. The topological polar surface area (TPSA) is 40.5 Å². The summed E-state index contributed by atoms with van der Waals surface area (Å²) in [6.07, 6.45) is 0.520. The maximum absolute atomic E-state index is 11.7. The molecule has 0 spiro atoms. The minimum Gasteiger partial charge on any atom is -0.508 e. The number of benzene rings is 1. The van der Waals surface area contributed by atoms with Crippen molar-refractivity contribution in [3.8, 4) is 5.75 Å². The second-order valence-corrected chi connectivity index (χ2v) is 4.07. The molecule has 1 aromatic rings. The van der Waals surface area contributed by atoms with Crippen molar-refractivity contribution in [3.05, 3.63) is 24.3 Å². The summed E-state index contributed by atoms with van der Waals surface area (Å²) in [4.78, 5) is 13.3. The zero-order valence-electron chi connectivity index (χ0n) is 9.40. The molecule has 0 unspecified atom stereocenters. The summed E-state index contributed by atoms with van der Waals surface area (Å²) in [5.41, 5.74) is 0.723. The molecule has 0 aliphatic rings. The van der Waals surface area contributed by atoms with Crippen molar-refractivity contribution >= 4 is 11.6 Å². The number of nitrogens with zero attached hydrogens (tertiary/aromatic N) is 1. The van der Waals surface area contributed by atoms with E-state index in [-0.39, 0.29) is 11.7 Å². The number of hydrogen-bond donors (Lipinski definition) is 1. The third-order valence-corrected chi connectivity index (χ3v) is 2.17. The molecule has 0 fully saturated rings. The van der Waals surface area contributed by atoms with Crippen LogP contribution in [0.25, 0.3) is 0 Å². The predicted molar refractivity (Wildman–Crippen MR) is 61.0 cm³/mol. The third kappa shape index (κ3) is 3.27. The zero-order chi connectivity index (χ0) is 11.4. The Morgan fingerprint density at radius 1 is 1.47 bits per heavy atom. The van der Waals surface area contributed by atoms with Gasteiger partial charge in [-0.2, -0.15) is 0 Å². The third-order valence-electron chi connectivity index (χ3n) is 2.17. The molecule has 0 saturated carbocycles. The molecule has 0 aliphatic heterocycles. The van der Waals surface area contributed by atoms with Gasteiger partial charge in [0.25, 0.3) is 0 Å². The van der Waals surface area contributed by atoms with E-state index in [1.165, 1.54) is 0 Å². The van der Waals surface area contributed by atoms with E-state index in [2.05, 4.69) is 0 Å². The molecule has 1 rings (SSSR count). The van der Waals surface area contributed by atoms with E-state index in [9.17, 15) is 9.90 Å². The fraction of sp³-hybridized carbons (Fsp3) is 0.417. The van der Waals surface area contributed by atoms with E-state index >= 15 is 0 Å². The number of anilines is 1. The number of amides is 1. The summed E-state index contributed by atoms with van der Waals surface area (Å²) in [6, 6.07) is 6.70. The molecule has 0 aromatic heterocycles. The van der Waals surface area contributed by atoms with E-state index in [0.717, 1.165) is 5.69 Å². The van der Waals surface area contributed by atoms with Crippen molar-refractivity contribution in [2.75, 3.05) is 11.9 Å². The number of phenols is 1. The highest BCUT2D eigenvalue weighted by Gasteiger charge is 2.12. The molecule has 15 heavy (non-hydrogen) atoms. The van der Waals surface area contributed by atoms with Crippen LogP contribution in [0.4, 0.5) is 5.69 Å². The Balaban J connectivity index is 2.76. The smallest absolute Gasteiger partial charge is 0.226 e. The van der Waals surface area contributed by atoms with Gasteiger partial charge in [-0.3, -0.25) is 4.79 Å². The first-order valence-corrected chi connectivity index (χ1v) is 5.06. The van der Waals surface area contributed by atoms with Gasteiger partial charge in [0, 0.05) is 25.2 Å². The molecule has 0 radical (unpaired) electrons. The Hall–Kier alpha value is -1.51. The van der Waals surface area contributed by atoms with Crippen molar-refractivity contribution in [3.63, 3.8) is 0 Å². The fourth-order valence-electron chi connectivity index (χ4n) is 1.33. The lowest BCUT2D eigenvalue weighted by molar-refractivity contribution is -0.119. The van der Waals surface area contributed by atoms with E-state index in [4.69, 9.17) is 0 Å². The first-order chi connectivity index (χ1) is 7.00.